The van der Waals surface area contributed by atoms with Gasteiger partial charge in [-0.25, -0.2) is 4.39 Å². The topological polar surface area (TPSA) is 47.3 Å². The van der Waals surface area contributed by atoms with Crippen molar-refractivity contribution in [3.8, 4) is 0 Å². The minimum Gasteiger partial charge on any atom is -0.399 e. The van der Waals surface area contributed by atoms with Crippen LogP contribution in [0.4, 0.5) is 15.8 Å². The molecule has 1 aliphatic heterocycles. The zero-order chi connectivity index (χ0) is 11.4. The quantitative estimate of drug-likeness (QED) is 0.774. The molecule has 0 amide bonds. The molecule has 4 heteroatoms. The van der Waals surface area contributed by atoms with Gasteiger partial charge in [-0.3, -0.25) is 0 Å². The first kappa shape index (κ1) is 11.2. The summed E-state index contributed by atoms with van der Waals surface area (Å²) in [5.41, 5.74) is 6.75. The van der Waals surface area contributed by atoms with Crippen LogP contribution in [0.1, 0.15) is 12.8 Å². The molecule has 1 fully saturated rings. The van der Waals surface area contributed by atoms with Gasteiger partial charge < -0.3 is 15.8 Å². The molecule has 16 heavy (non-hydrogen) atoms. The Balaban J connectivity index is 1.88. The second-order valence-corrected chi connectivity index (χ2v) is 4.24. The maximum atomic E-state index is 13.0. The molecule has 88 valence electrons. The number of hydrogen-bond acceptors (Lipinski definition) is 3. The van der Waals surface area contributed by atoms with Crippen LogP contribution in [0.15, 0.2) is 18.2 Å². The Hall–Kier alpha value is -1.29. The fourth-order valence-corrected chi connectivity index (χ4v) is 1.94. The number of hydrogen-bond donors (Lipinski definition) is 2. The van der Waals surface area contributed by atoms with Crippen LogP contribution in [0.5, 0.6) is 0 Å². The van der Waals surface area contributed by atoms with Gasteiger partial charge in [0.1, 0.15) is 5.82 Å². The zero-order valence-electron chi connectivity index (χ0n) is 9.21. The van der Waals surface area contributed by atoms with E-state index >= 15 is 0 Å². The summed E-state index contributed by atoms with van der Waals surface area (Å²) in [6.07, 6.45) is 2.27. The molecule has 1 saturated heterocycles. The van der Waals surface area contributed by atoms with Crippen molar-refractivity contribution in [2.75, 3.05) is 30.8 Å². The van der Waals surface area contributed by atoms with Crippen molar-refractivity contribution in [1.82, 2.24) is 0 Å². The Bertz CT molecular complexity index is 331. The zero-order valence-corrected chi connectivity index (χ0v) is 9.21. The van der Waals surface area contributed by atoms with E-state index in [0.29, 0.717) is 11.6 Å². The van der Waals surface area contributed by atoms with E-state index in [9.17, 15) is 4.39 Å². The number of nitrogens with two attached hydrogens (primary N) is 1. The number of nitrogen functional groups attached to an aromatic ring is 1. The lowest BCUT2D eigenvalue weighted by Crippen LogP contribution is -2.24. The van der Waals surface area contributed by atoms with Crippen LogP contribution < -0.4 is 11.1 Å². The predicted octanol–water partition coefficient (Wildman–Crippen LogP) is 2.25. The second-order valence-electron chi connectivity index (χ2n) is 4.24. The van der Waals surface area contributed by atoms with Crippen molar-refractivity contribution in [3.05, 3.63) is 24.0 Å². The van der Waals surface area contributed by atoms with Crippen LogP contribution in [0.3, 0.4) is 0 Å². The van der Waals surface area contributed by atoms with Gasteiger partial charge in [0.15, 0.2) is 0 Å². The Morgan fingerprint density at radius 1 is 1.44 bits per heavy atom. The Morgan fingerprint density at radius 3 is 3.00 bits per heavy atom. The van der Waals surface area contributed by atoms with Crippen LogP contribution >= 0.6 is 0 Å². The molecule has 1 heterocycles. The Morgan fingerprint density at radius 2 is 2.31 bits per heavy atom. The number of nitrogens with one attached hydrogen (secondary N) is 1. The lowest BCUT2D eigenvalue weighted by Gasteiger charge is -2.22. The number of anilines is 2. The van der Waals surface area contributed by atoms with Gasteiger partial charge in [0.05, 0.1) is 6.61 Å². The second kappa shape index (κ2) is 5.16. The maximum Gasteiger partial charge on any atom is 0.127 e. The highest BCUT2D eigenvalue weighted by atomic mass is 19.1. The highest BCUT2D eigenvalue weighted by Crippen LogP contribution is 2.18. The molecule has 1 atom stereocenters. The molecule has 2 rings (SSSR count). The third-order valence-corrected chi connectivity index (χ3v) is 2.77. The third kappa shape index (κ3) is 3.10. The summed E-state index contributed by atoms with van der Waals surface area (Å²) < 4.78 is 18.4. The van der Waals surface area contributed by atoms with Gasteiger partial charge in [0.2, 0.25) is 0 Å². The summed E-state index contributed by atoms with van der Waals surface area (Å²) in [5, 5.41) is 3.20. The molecule has 1 aromatic carbocycles. The van der Waals surface area contributed by atoms with Crippen molar-refractivity contribution < 1.29 is 9.13 Å². The van der Waals surface area contributed by atoms with E-state index in [4.69, 9.17) is 10.5 Å². The Kier molecular flexibility index (Phi) is 3.62. The van der Waals surface area contributed by atoms with Crippen molar-refractivity contribution in [1.29, 1.82) is 0 Å². The highest BCUT2D eigenvalue weighted by Gasteiger charge is 2.13. The average molecular weight is 224 g/mol. The normalized spacial score (nSPS) is 20.7. The number of ether oxygens (including phenoxy) is 1. The maximum absolute atomic E-state index is 13.0. The van der Waals surface area contributed by atoms with Gasteiger partial charge in [0.25, 0.3) is 0 Å². The van der Waals surface area contributed by atoms with E-state index in [1.165, 1.54) is 12.1 Å². The molecule has 0 aromatic heterocycles. The first-order valence-corrected chi connectivity index (χ1v) is 5.62. The number of rotatable bonds is 3. The molecule has 0 aliphatic carbocycles. The summed E-state index contributed by atoms with van der Waals surface area (Å²) in [7, 11) is 0. The average Bonchev–Trinajstić information content (AvgIpc) is 2.27. The van der Waals surface area contributed by atoms with E-state index in [2.05, 4.69) is 5.32 Å². The van der Waals surface area contributed by atoms with Gasteiger partial charge in [-0.1, -0.05) is 0 Å². The SMILES string of the molecule is Nc1cc(F)cc(NCC2CCCOC2)c1. The molecule has 0 radical (unpaired) electrons. The van der Waals surface area contributed by atoms with Crippen molar-refractivity contribution in [3.63, 3.8) is 0 Å². The first-order valence-electron chi connectivity index (χ1n) is 5.62. The third-order valence-electron chi connectivity index (χ3n) is 2.77. The van der Waals surface area contributed by atoms with E-state index in [1.54, 1.807) is 6.07 Å². The molecule has 1 unspecified atom stereocenters. The lowest BCUT2D eigenvalue weighted by molar-refractivity contribution is 0.0595. The van der Waals surface area contributed by atoms with Crippen LogP contribution in [0.2, 0.25) is 0 Å². The summed E-state index contributed by atoms with van der Waals surface area (Å²) >= 11 is 0. The van der Waals surface area contributed by atoms with Crippen molar-refractivity contribution in [2.24, 2.45) is 5.92 Å². The highest BCUT2D eigenvalue weighted by molar-refractivity contribution is 5.54. The van der Waals surface area contributed by atoms with Crippen LogP contribution in [-0.4, -0.2) is 19.8 Å². The van der Waals surface area contributed by atoms with E-state index in [-0.39, 0.29) is 5.82 Å². The van der Waals surface area contributed by atoms with Gasteiger partial charge in [-0.2, -0.15) is 0 Å². The van der Waals surface area contributed by atoms with Gasteiger partial charge in [-0.05, 0) is 37.0 Å². The first-order chi connectivity index (χ1) is 7.74. The lowest BCUT2D eigenvalue weighted by atomic mass is 10.0. The molecular formula is C12H17FN2O. The monoisotopic (exact) mass is 224 g/mol. The smallest absolute Gasteiger partial charge is 0.127 e. The van der Waals surface area contributed by atoms with Crippen molar-refractivity contribution >= 4 is 11.4 Å². The summed E-state index contributed by atoms with van der Waals surface area (Å²) in [4.78, 5) is 0. The summed E-state index contributed by atoms with van der Waals surface area (Å²) in [5.74, 6) is 0.209. The van der Waals surface area contributed by atoms with Gasteiger partial charge in [0, 0.05) is 24.5 Å². The minimum atomic E-state index is -0.303. The molecular weight excluding hydrogens is 207 g/mol. The van der Waals surface area contributed by atoms with Crippen LogP contribution in [-0.2, 0) is 4.74 Å². The predicted molar refractivity (Wildman–Crippen MR) is 62.8 cm³/mol. The van der Waals surface area contributed by atoms with E-state index in [0.717, 1.165) is 38.3 Å². The molecule has 0 spiro atoms. The van der Waals surface area contributed by atoms with Crippen molar-refractivity contribution in [2.45, 2.75) is 12.8 Å². The number of halogens is 1. The fraction of sp³-hybridized carbons (Fsp3) is 0.500. The minimum absolute atomic E-state index is 0.303. The molecule has 3 N–H and O–H groups in total. The largest absolute Gasteiger partial charge is 0.399 e. The molecule has 0 saturated carbocycles. The van der Waals surface area contributed by atoms with E-state index in [1.807, 2.05) is 0 Å². The molecule has 1 aromatic rings. The van der Waals surface area contributed by atoms with Crippen LogP contribution in [0, 0.1) is 11.7 Å². The summed E-state index contributed by atoms with van der Waals surface area (Å²) in [6, 6.07) is 4.52. The standard InChI is InChI=1S/C12H17FN2O/c13-10-4-11(14)6-12(5-10)15-7-9-2-1-3-16-8-9/h4-6,9,15H,1-3,7-8,14H2. The van der Waals surface area contributed by atoms with E-state index < -0.39 is 0 Å². The summed E-state index contributed by atoms with van der Waals surface area (Å²) in [6.45, 7) is 2.46. The van der Waals surface area contributed by atoms with Gasteiger partial charge >= 0.3 is 0 Å². The van der Waals surface area contributed by atoms with Crippen LogP contribution in [0.25, 0.3) is 0 Å². The van der Waals surface area contributed by atoms with Gasteiger partial charge in [-0.15, -0.1) is 0 Å². The molecule has 0 bridgehead atoms. The number of benzene rings is 1. The molecule has 3 nitrogen and oxygen atoms in total. The fourth-order valence-electron chi connectivity index (χ4n) is 1.94. The molecule has 1 aliphatic rings. The Labute approximate surface area is 94.8 Å².